The number of halogens is 1. The maximum Gasteiger partial charge on any atom is 0.150 e. The number of aryl methyl sites for hydroxylation is 1. The van der Waals surface area contributed by atoms with Crippen molar-refractivity contribution in [2.24, 2.45) is 0 Å². The van der Waals surface area contributed by atoms with E-state index in [1.165, 1.54) is 5.56 Å². The van der Waals surface area contributed by atoms with Gasteiger partial charge in [0, 0.05) is 35.4 Å². The lowest BCUT2D eigenvalue weighted by molar-refractivity contribution is 0.112. The molecule has 0 radical (unpaired) electrons. The van der Waals surface area contributed by atoms with Crippen molar-refractivity contribution in [1.82, 2.24) is 0 Å². The molecule has 4 aromatic carbocycles. The Bertz CT molecular complexity index is 1330. The molecule has 4 aromatic rings. The van der Waals surface area contributed by atoms with Crippen LogP contribution in [-0.2, 0) is 6.42 Å². The first kappa shape index (κ1) is 24.5. The van der Waals surface area contributed by atoms with E-state index in [4.69, 9.17) is 11.6 Å². The predicted molar refractivity (Wildman–Crippen MR) is 149 cm³/mol. The van der Waals surface area contributed by atoms with Gasteiger partial charge in [0.25, 0.3) is 0 Å². The minimum absolute atomic E-state index is 0.512. The van der Waals surface area contributed by atoms with Crippen LogP contribution >= 0.6 is 11.6 Å². The first-order valence-corrected chi connectivity index (χ1v) is 12.3. The van der Waals surface area contributed by atoms with Crippen molar-refractivity contribution in [2.45, 2.75) is 26.7 Å². The standard InChI is InChI=1S/C32H30ClNO/c1-4-32(34(3)27-13-9-6-10-14-27)31(33)21-29-23(2)15-20-28(30(29)22-35)26-18-16-25(17-19-26)24-11-7-5-8-12-24/h5-20,22H,4,21H2,1-3H3/b32-31+. The van der Waals surface area contributed by atoms with E-state index >= 15 is 0 Å². The van der Waals surface area contributed by atoms with E-state index in [0.717, 1.165) is 56.9 Å². The van der Waals surface area contributed by atoms with E-state index in [2.05, 4.69) is 66.4 Å². The summed E-state index contributed by atoms with van der Waals surface area (Å²) in [5, 5.41) is 0.752. The lowest BCUT2D eigenvalue weighted by atomic mass is 9.90. The number of rotatable bonds is 8. The molecule has 3 heteroatoms. The summed E-state index contributed by atoms with van der Waals surface area (Å²) in [5.74, 6) is 0. The van der Waals surface area contributed by atoms with E-state index in [1.54, 1.807) is 0 Å². The van der Waals surface area contributed by atoms with Crippen molar-refractivity contribution < 1.29 is 4.79 Å². The Kier molecular flexibility index (Phi) is 7.84. The minimum atomic E-state index is 0.512. The summed E-state index contributed by atoms with van der Waals surface area (Å²) in [4.78, 5) is 14.5. The van der Waals surface area contributed by atoms with Gasteiger partial charge in [-0.05, 0) is 58.9 Å². The lowest BCUT2D eigenvalue weighted by Gasteiger charge is -2.24. The normalized spacial score (nSPS) is 11.7. The number of benzene rings is 4. The smallest absolute Gasteiger partial charge is 0.150 e. The minimum Gasteiger partial charge on any atom is -0.347 e. The Hall–Kier alpha value is -3.62. The van der Waals surface area contributed by atoms with Crippen molar-refractivity contribution >= 4 is 23.6 Å². The van der Waals surface area contributed by atoms with Crippen molar-refractivity contribution in [3.63, 3.8) is 0 Å². The van der Waals surface area contributed by atoms with Crippen LogP contribution in [0.1, 0.15) is 34.8 Å². The molecule has 0 spiro atoms. The van der Waals surface area contributed by atoms with Gasteiger partial charge in [-0.25, -0.2) is 0 Å². The average Bonchev–Trinajstić information content (AvgIpc) is 2.91. The number of para-hydroxylation sites is 1. The number of hydrogen-bond acceptors (Lipinski definition) is 2. The van der Waals surface area contributed by atoms with E-state index in [-0.39, 0.29) is 0 Å². The maximum atomic E-state index is 12.4. The molecule has 35 heavy (non-hydrogen) atoms. The van der Waals surface area contributed by atoms with Gasteiger partial charge in [-0.15, -0.1) is 0 Å². The van der Waals surface area contributed by atoms with Gasteiger partial charge in [0.2, 0.25) is 0 Å². The van der Waals surface area contributed by atoms with Gasteiger partial charge in [0.1, 0.15) is 0 Å². The van der Waals surface area contributed by atoms with Crippen molar-refractivity contribution in [3.8, 4) is 22.3 Å². The van der Waals surface area contributed by atoms with Gasteiger partial charge in [0.05, 0.1) is 0 Å². The molecule has 0 aliphatic carbocycles. The first-order chi connectivity index (χ1) is 17.0. The van der Waals surface area contributed by atoms with Gasteiger partial charge < -0.3 is 4.90 Å². The molecule has 0 aliphatic rings. The fourth-order valence-electron chi connectivity index (χ4n) is 4.54. The fourth-order valence-corrected chi connectivity index (χ4v) is 4.94. The Morgan fingerprint density at radius 2 is 1.37 bits per heavy atom. The molecule has 0 aromatic heterocycles. The summed E-state index contributed by atoms with van der Waals surface area (Å²) in [6, 6.07) is 33.0. The largest absolute Gasteiger partial charge is 0.347 e. The van der Waals surface area contributed by atoms with E-state index in [0.29, 0.717) is 12.0 Å². The van der Waals surface area contributed by atoms with Crippen LogP contribution in [0.15, 0.2) is 108 Å². The Morgan fingerprint density at radius 1 is 0.800 bits per heavy atom. The number of carbonyl (C=O) groups excluding carboxylic acids is 1. The van der Waals surface area contributed by atoms with Crippen LogP contribution in [0.5, 0.6) is 0 Å². The molecular formula is C32H30ClNO. The summed E-state index contributed by atoms with van der Waals surface area (Å²) in [6.45, 7) is 4.15. The number of allylic oxidation sites excluding steroid dienone is 2. The second kappa shape index (κ2) is 11.2. The van der Waals surface area contributed by atoms with Gasteiger partial charge >= 0.3 is 0 Å². The summed E-state index contributed by atoms with van der Waals surface area (Å²) in [7, 11) is 2.04. The van der Waals surface area contributed by atoms with E-state index in [1.807, 2.05) is 56.4 Å². The second-order valence-electron chi connectivity index (χ2n) is 8.66. The molecule has 0 atom stereocenters. The molecule has 0 unspecified atom stereocenters. The van der Waals surface area contributed by atoms with E-state index < -0.39 is 0 Å². The molecule has 0 fully saturated rings. The Labute approximate surface area is 213 Å². The van der Waals surface area contributed by atoms with Gasteiger partial charge in [0.15, 0.2) is 6.29 Å². The molecule has 2 nitrogen and oxygen atoms in total. The van der Waals surface area contributed by atoms with E-state index in [9.17, 15) is 4.79 Å². The quantitative estimate of drug-likeness (QED) is 0.235. The molecule has 0 aliphatic heterocycles. The SMILES string of the molecule is CC/C(=C(\Cl)Cc1c(C)ccc(-c2ccc(-c3ccccc3)cc2)c1C=O)N(C)c1ccccc1. The number of nitrogens with zero attached hydrogens (tertiary/aromatic N) is 1. The van der Waals surface area contributed by atoms with Crippen LogP contribution in [0, 0.1) is 6.92 Å². The first-order valence-electron chi connectivity index (χ1n) is 11.9. The third-order valence-electron chi connectivity index (χ3n) is 6.54. The molecular weight excluding hydrogens is 450 g/mol. The molecule has 0 saturated heterocycles. The van der Waals surface area contributed by atoms with Crippen molar-refractivity contribution in [1.29, 1.82) is 0 Å². The highest BCUT2D eigenvalue weighted by atomic mass is 35.5. The molecule has 0 bridgehead atoms. The van der Waals surface area contributed by atoms with Crippen LogP contribution in [0.2, 0.25) is 0 Å². The van der Waals surface area contributed by atoms with Crippen molar-refractivity contribution in [3.05, 3.63) is 124 Å². The Balaban J connectivity index is 1.70. The molecule has 0 heterocycles. The molecule has 0 N–H and O–H groups in total. The van der Waals surface area contributed by atoms with Gasteiger partial charge in [-0.3, -0.25) is 4.79 Å². The molecule has 176 valence electrons. The zero-order chi connectivity index (χ0) is 24.8. The third-order valence-corrected chi connectivity index (χ3v) is 6.89. The summed E-state index contributed by atoms with van der Waals surface area (Å²) < 4.78 is 0. The van der Waals surface area contributed by atoms with Gasteiger partial charge in [-0.1, -0.05) is 103 Å². The highest BCUT2D eigenvalue weighted by Gasteiger charge is 2.17. The number of aldehydes is 1. The van der Waals surface area contributed by atoms with Gasteiger partial charge in [-0.2, -0.15) is 0 Å². The molecule has 0 saturated carbocycles. The van der Waals surface area contributed by atoms with Crippen LogP contribution < -0.4 is 4.90 Å². The van der Waals surface area contributed by atoms with Crippen LogP contribution in [0.4, 0.5) is 5.69 Å². The monoisotopic (exact) mass is 479 g/mol. The summed E-state index contributed by atoms with van der Waals surface area (Å²) in [6.07, 6.45) is 2.28. The maximum absolute atomic E-state index is 12.4. The zero-order valence-corrected chi connectivity index (χ0v) is 21.2. The average molecular weight is 480 g/mol. The highest BCUT2D eigenvalue weighted by Crippen LogP contribution is 2.33. The lowest BCUT2D eigenvalue weighted by Crippen LogP contribution is -2.18. The summed E-state index contributed by atoms with van der Waals surface area (Å²) in [5.41, 5.74) is 9.14. The molecule has 4 rings (SSSR count). The number of hydrogen-bond donors (Lipinski definition) is 0. The second-order valence-corrected chi connectivity index (χ2v) is 9.12. The van der Waals surface area contributed by atoms with Crippen LogP contribution in [0.25, 0.3) is 22.3 Å². The van der Waals surface area contributed by atoms with Crippen LogP contribution in [0.3, 0.4) is 0 Å². The topological polar surface area (TPSA) is 20.3 Å². The summed E-state index contributed by atoms with van der Waals surface area (Å²) >= 11 is 6.94. The highest BCUT2D eigenvalue weighted by molar-refractivity contribution is 6.30. The fraction of sp³-hybridized carbons (Fsp3) is 0.156. The van der Waals surface area contributed by atoms with Crippen LogP contribution in [-0.4, -0.2) is 13.3 Å². The number of carbonyl (C=O) groups is 1. The molecule has 0 amide bonds. The van der Waals surface area contributed by atoms with Crippen molar-refractivity contribution in [2.75, 3.05) is 11.9 Å². The third kappa shape index (κ3) is 5.39. The predicted octanol–water partition coefficient (Wildman–Crippen LogP) is 8.68. The zero-order valence-electron chi connectivity index (χ0n) is 20.5. The number of anilines is 1. The Morgan fingerprint density at radius 3 is 1.97 bits per heavy atom.